The molecule has 2 rings (SSSR count). The maximum Gasteiger partial charge on any atom is 0.351 e. The van der Waals surface area contributed by atoms with Crippen LogP contribution in [0.5, 0.6) is 0 Å². The first-order chi connectivity index (χ1) is 20.1. The van der Waals surface area contributed by atoms with Gasteiger partial charge in [0, 0.05) is 37.5 Å². The maximum absolute atomic E-state index is 13.3. The molecule has 1 aromatic heterocycles. The van der Waals surface area contributed by atoms with E-state index >= 15 is 0 Å². The van der Waals surface area contributed by atoms with Gasteiger partial charge >= 0.3 is 13.5 Å². The minimum atomic E-state index is -6.07. The fraction of sp³-hybridized carbons (Fsp3) is 0.583. The lowest BCUT2D eigenvalue weighted by Crippen LogP contribution is -2.33. The molecule has 3 N–H and O–H groups in total. The van der Waals surface area contributed by atoms with Gasteiger partial charge in [-0.1, -0.05) is 11.8 Å². The number of nitrogens with zero attached hydrogens (tertiary/aromatic N) is 2. The third-order valence-corrected chi connectivity index (χ3v) is 11.4. The highest BCUT2D eigenvalue weighted by Crippen LogP contribution is 2.67. The molecule has 1 aliphatic rings. The van der Waals surface area contributed by atoms with Crippen molar-refractivity contribution in [3.05, 3.63) is 22.2 Å². The SMILES string of the molecule is C#CCCCCC#Cc1cn([C@@H]2O[C@H](CC[P+]([O-])(OCCCCC#C)OP(=O)([O-])OP(=O)([O-])[O-])[C@H](O)C2P)c(=O)nc1N. The predicted octanol–water partition coefficient (Wildman–Crippen LogP) is -0.464. The van der Waals surface area contributed by atoms with Crippen LogP contribution in [0.2, 0.25) is 0 Å². The molecule has 19 heteroatoms. The van der Waals surface area contributed by atoms with E-state index in [1.54, 1.807) is 0 Å². The molecule has 7 atom stereocenters. The Balaban J connectivity index is 2.19. The van der Waals surface area contributed by atoms with Crippen LogP contribution in [-0.2, 0) is 27.0 Å². The number of rotatable bonds is 16. The molecule has 1 aromatic rings. The Kier molecular flexibility index (Phi) is 14.9. The average Bonchev–Trinajstić information content (AvgIpc) is 3.17. The Morgan fingerprint density at radius 1 is 1.16 bits per heavy atom. The van der Waals surface area contributed by atoms with Gasteiger partial charge in [-0.25, -0.2) is 9.32 Å². The molecule has 0 aliphatic carbocycles. The number of aliphatic hydroxyl groups is 1. The summed E-state index contributed by atoms with van der Waals surface area (Å²) in [5, 5.41) is 10.8. The van der Waals surface area contributed by atoms with Crippen molar-refractivity contribution in [1.82, 2.24) is 9.55 Å². The minimum Gasteiger partial charge on any atom is -0.790 e. The summed E-state index contributed by atoms with van der Waals surface area (Å²) < 4.78 is 42.7. The number of aliphatic hydroxyl groups excluding tert-OH is 1. The summed E-state index contributed by atoms with van der Waals surface area (Å²) in [5.74, 6) is 10.6. The van der Waals surface area contributed by atoms with Crippen LogP contribution in [0, 0.1) is 36.5 Å². The van der Waals surface area contributed by atoms with Crippen LogP contribution >= 0.6 is 32.8 Å². The number of ether oxygens (including phenoxy) is 1. The van der Waals surface area contributed by atoms with E-state index in [9.17, 15) is 38.6 Å². The quantitative estimate of drug-likeness (QED) is 0.128. The molecular weight excluding hydrogens is 646 g/mol. The third kappa shape index (κ3) is 12.7. The monoisotopic (exact) mass is 678 g/mol. The molecule has 0 bridgehead atoms. The first kappa shape index (κ1) is 37.5. The van der Waals surface area contributed by atoms with Crippen LogP contribution in [0.4, 0.5) is 5.82 Å². The first-order valence-corrected chi connectivity index (χ1v) is 18.3. The van der Waals surface area contributed by atoms with E-state index in [1.165, 1.54) is 6.20 Å². The largest absolute Gasteiger partial charge is 0.790 e. The van der Waals surface area contributed by atoms with Crippen molar-refractivity contribution in [3.8, 4) is 36.5 Å². The van der Waals surface area contributed by atoms with Crippen molar-refractivity contribution >= 4 is 38.6 Å². The van der Waals surface area contributed by atoms with Gasteiger partial charge in [-0.2, -0.15) is 4.98 Å². The first-order valence-electron chi connectivity index (χ1n) is 12.9. The van der Waals surface area contributed by atoms with Crippen LogP contribution < -0.4 is 31.0 Å². The molecule has 0 saturated carbocycles. The Labute approximate surface area is 252 Å². The zero-order valence-corrected chi connectivity index (χ0v) is 26.8. The smallest absolute Gasteiger partial charge is 0.351 e. The minimum absolute atomic E-state index is 0.102. The molecule has 15 nitrogen and oxygen atoms in total. The number of nitrogen functional groups attached to an aromatic ring is 1. The van der Waals surface area contributed by atoms with E-state index in [-0.39, 0.29) is 30.8 Å². The number of hydrogen-bond donors (Lipinski definition) is 2. The summed E-state index contributed by atoms with van der Waals surface area (Å²) in [6, 6.07) is 0. The molecule has 238 valence electrons. The molecule has 1 aliphatic heterocycles. The highest BCUT2D eigenvalue weighted by atomic mass is 31.3. The summed E-state index contributed by atoms with van der Waals surface area (Å²) in [5.41, 5.74) is 4.50. The van der Waals surface area contributed by atoms with Crippen molar-refractivity contribution in [2.24, 2.45) is 0 Å². The van der Waals surface area contributed by atoms with Crippen molar-refractivity contribution in [2.45, 2.75) is 75.5 Å². The molecule has 0 aromatic carbocycles. The van der Waals surface area contributed by atoms with Crippen molar-refractivity contribution in [2.75, 3.05) is 18.5 Å². The van der Waals surface area contributed by atoms with Gasteiger partial charge in [-0.15, -0.1) is 38.2 Å². The van der Waals surface area contributed by atoms with Crippen molar-refractivity contribution in [3.63, 3.8) is 0 Å². The zero-order valence-electron chi connectivity index (χ0n) is 22.9. The normalized spacial score (nSPS) is 22.9. The van der Waals surface area contributed by atoms with Gasteiger partial charge in [0.2, 0.25) is 7.94 Å². The number of hydrogen-bond acceptors (Lipinski definition) is 14. The second-order valence-corrected chi connectivity index (χ2v) is 15.0. The van der Waals surface area contributed by atoms with Crippen LogP contribution in [0.3, 0.4) is 0 Å². The molecule has 0 radical (unpaired) electrons. The van der Waals surface area contributed by atoms with E-state index in [0.29, 0.717) is 25.7 Å². The topological polar surface area (TPSA) is 244 Å². The van der Waals surface area contributed by atoms with Crippen LogP contribution in [-0.4, -0.2) is 45.3 Å². The van der Waals surface area contributed by atoms with Gasteiger partial charge in [0.05, 0.1) is 32.2 Å². The maximum atomic E-state index is 13.3. The molecule has 4 unspecified atom stereocenters. The van der Waals surface area contributed by atoms with Crippen LogP contribution in [0.1, 0.15) is 63.2 Å². The van der Waals surface area contributed by atoms with Crippen molar-refractivity contribution < 1.29 is 51.7 Å². The number of anilines is 1. The summed E-state index contributed by atoms with van der Waals surface area (Å²) >= 11 is 0. The lowest BCUT2D eigenvalue weighted by Gasteiger charge is -2.38. The molecule has 2 heterocycles. The number of nitrogens with two attached hydrogens (primary N) is 1. The molecular formula is C24H32N3O12P4-3. The van der Waals surface area contributed by atoms with Gasteiger partial charge < -0.3 is 39.7 Å². The van der Waals surface area contributed by atoms with Gasteiger partial charge in [-0.05, 0) is 25.7 Å². The fourth-order valence-corrected chi connectivity index (χ4v) is 8.58. The van der Waals surface area contributed by atoms with E-state index in [1.807, 2.05) is 0 Å². The van der Waals surface area contributed by atoms with Gasteiger partial charge in [0.25, 0.3) is 0 Å². The summed E-state index contributed by atoms with van der Waals surface area (Å²) in [7, 11) is -14.4. The van der Waals surface area contributed by atoms with Gasteiger partial charge in [0.15, 0.2) is 0 Å². The Hall–Kier alpha value is -1.68. The lowest BCUT2D eigenvalue weighted by molar-refractivity contribution is -0.339. The highest BCUT2D eigenvalue weighted by Gasteiger charge is 2.45. The molecule has 0 spiro atoms. The summed E-state index contributed by atoms with van der Waals surface area (Å²) in [6.07, 6.45) is 10.9. The van der Waals surface area contributed by atoms with Crippen LogP contribution in [0.15, 0.2) is 11.0 Å². The standard InChI is InChI=1S/C24H35N3O12P4/c1-3-5-7-9-10-11-13-18-17-27(24(29)26-22(18)25)23-21(40)20(28)19(37-23)14-16-41(30,36-15-12-8-6-4-2)38-43(34,35)39-42(31,32)33/h1-2,17,19-21,23,28H,5-10,12,14-16,40H2,(H,34,35)(H2,25,26,29)(H2,31,32,33)/p-3/t19-,20+,21?,23-,41?/m1/s1. The number of terminal acetylenes is 2. The summed E-state index contributed by atoms with van der Waals surface area (Å²) in [6.45, 7) is -0.297. The van der Waals surface area contributed by atoms with E-state index < -0.39 is 59.5 Å². The van der Waals surface area contributed by atoms with Gasteiger partial charge in [-0.3, -0.25) is 13.4 Å². The summed E-state index contributed by atoms with van der Waals surface area (Å²) in [4.78, 5) is 63.3. The fourth-order valence-electron chi connectivity index (χ4n) is 3.85. The second kappa shape index (κ2) is 17.1. The zero-order chi connectivity index (χ0) is 32.3. The molecule has 43 heavy (non-hydrogen) atoms. The second-order valence-electron chi connectivity index (χ2n) is 9.25. The Morgan fingerprint density at radius 3 is 2.42 bits per heavy atom. The number of phosphoric acid groups is 2. The predicted molar refractivity (Wildman–Crippen MR) is 153 cm³/mol. The lowest BCUT2D eigenvalue weighted by atomic mass is 10.1. The Bertz CT molecular complexity index is 1390. The number of unbranched alkanes of at least 4 members (excludes halogenated alkanes) is 5. The third-order valence-electron chi connectivity index (χ3n) is 5.89. The number of aromatic nitrogens is 2. The molecule has 1 saturated heterocycles. The van der Waals surface area contributed by atoms with Crippen LogP contribution in [0.25, 0.3) is 0 Å². The van der Waals surface area contributed by atoms with E-state index in [2.05, 4.69) is 46.5 Å². The van der Waals surface area contributed by atoms with E-state index in [0.717, 1.165) is 17.4 Å². The average molecular weight is 678 g/mol. The highest BCUT2D eigenvalue weighted by molar-refractivity contribution is 7.70. The molecule has 0 amide bonds. The Morgan fingerprint density at radius 2 is 1.79 bits per heavy atom. The van der Waals surface area contributed by atoms with Crippen molar-refractivity contribution in [1.29, 1.82) is 0 Å². The molecule has 1 fully saturated rings. The van der Waals surface area contributed by atoms with Gasteiger partial charge in [0.1, 0.15) is 18.2 Å². The van der Waals surface area contributed by atoms with E-state index in [4.69, 9.17) is 27.8 Å².